The summed E-state index contributed by atoms with van der Waals surface area (Å²) in [5.74, 6) is -0.364. The van der Waals surface area contributed by atoms with Crippen molar-refractivity contribution in [1.29, 1.82) is 0 Å². The maximum absolute atomic E-state index is 13.5. The van der Waals surface area contributed by atoms with E-state index in [-0.39, 0.29) is 24.0 Å². The van der Waals surface area contributed by atoms with E-state index in [4.69, 9.17) is 25.8 Å². The van der Waals surface area contributed by atoms with Crippen LogP contribution in [0.15, 0.2) is 47.4 Å². The molecule has 0 atom stereocenters. The monoisotopic (exact) mass is 451 g/mol. The van der Waals surface area contributed by atoms with Gasteiger partial charge in [-0.05, 0) is 50.2 Å². The van der Waals surface area contributed by atoms with Gasteiger partial charge in [0.1, 0.15) is 0 Å². The van der Waals surface area contributed by atoms with Gasteiger partial charge >= 0.3 is 5.97 Å². The number of fused-ring (bicyclic) bond motifs is 2. The molecule has 0 bridgehead atoms. The van der Waals surface area contributed by atoms with Crippen molar-refractivity contribution in [2.24, 2.45) is 0 Å². The van der Waals surface area contributed by atoms with Gasteiger partial charge in [-0.3, -0.25) is 0 Å². The predicted molar refractivity (Wildman–Crippen MR) is 109 cm³/mol. The van der Waals surface area contributed by atoms with Crippen molar-refractivity contribution in [1.82, 2.24) is 3.97 Å². The first kappa shape index (κ1) is 20.5. The summed E-state index contributed by atoms with van der Waals surface area (Å²) in [4.78, 5) is 11.4. The molecule has 0 radical (unpaired) electrons. The molecule has 0 saturated heterocycles. The van der Waals surface area contributed by atoms with Crippen LogP contribution in [-0.4, -0.2) is 35.9 Å². The van der Waals surface area contributed by atoms with Gasteiger partial charge in [-0.2, -0.15) is 0 Å². The van der Waals surface area contributed by atoms with E-state index in [9.17, 15) is 18.3 Å². The fraction of sp³-hybridized carbons (Fsp3) is 0.250. The standard InChI is InChI=1S/C20H18ClNO7S/c1-20(2,19(23)24)29-10-14-8-12-7-13(21)3-5-16(12)22(14)30(25,26)15-4-6-17-18(9-15)28-11-27-17/h3-9H,10-11H2,1-2H3,(H,23,24). The summed E-state index contributed by atoms with van der Waals surface area (Å²) >= 11 is 6.07. The third kappa shape index (κ3) is 3.49. The summed E-state index contributed by atoms with van der Waals surface area (Å²) < 4.78 is 44.3. The Bertz CT molecular complexity index is 1260. The molecule has 4 rings (SSSR count). The zero-order valence-electron chi connectivity index (χ0n) is 16.1. The first-order valence-corrected chi connectivity index (χ1v) is 10.7. The molecular weight excluding hydrogens is 434 g/mol. The van der Waals surface area contributed by atoms with Gasteiger partial charge in [0, 0.05) is 16.5 Å². The molecule has 30 heavy (non-hydrogen) atoms. The van der Waals surface area contributed by atoms with Gasteiger partial charge in [0.15, 0.2) is 17.1 Å². The van der Waals surface area contributed by atoms with Crippen molar-refractivity contribution < 1.29 is 32.5 Å². The Balaban J connectivity index is 1.84. The predicted octanol–water partition coefficient (Wildman–Crippen LogP) is 3.64. The van der Waals surface area contributed by atoms with Crippen LogP contribution in [0.4, 0.5) is 0 Å². The third-order valence-electron chi connectivity index (χ3n) is 4.77. The largest absolute Gasteiger partial charge is 0.479 e. The van der Waals surface area contributed by atoms with E-state index in [0.717, 1.165) is 3.97 Å². The van der Waals surface area contributed by atoms with Gasteiger partial charge in [0.2, 0.25) is 6.79 Å². The highest BCUT2D eigenvalue weighted by Gasteiger charge is 2.30. The average molecular weight is 452 g/mol. The number of hydrogen-bond acceptors (Lipinski definition) is 6. The van der Waals surface area contributed by atoms with Crippen LogP contribution in [0.25, 0.3) is 10.9 Å². The van der Waals surface area contributed by atoms with Gasteiger partial charge in [0.05, 0.1) is 22.7 Å². The highest BCUT2D eigenvalue weighted by molar-refractivity contribution is 7.90. The fourth-order valence-corrected chi connectivity index (χ4v) is 4.79. The van der Waals surface area contributed by atoms with Crippen LogP contribution in [0, 0.1) is 0 Å². The number of ether oxygens (including phenoxy) is 3. The van der Waals surface area contributed by atoms with Crippen LogP contribution in [0.5, 0.6) is 11.5 Å². The molecule has 0 spiro atoms. The summed E-state index contributed by atoms with van der Waals surface area (Å²) in [6.07, 6.45) is 0. The van der Waals surface area contributed by atoms with Crippen LogP contribution < -0.4 is 9.47 Å². The molecule has 10 heteroatoms. The highest BCUT2D eigenvalue weighted by Crippen LogP contribution is 2.36. The maximum atomic E-state index is 13.5. The van der Waals surface area contributed by atoms with Gasteiger partial charge in [-0.1, -0.05) is 11.6 Å². The van der Waals surface area contributed by atoms with E-state index in [1.54, 1.807) is 24.3 Å². The molecule has 0 aliphatic carbocycles. The topological polar surface area (TPSA) is 104 Å². The second kappa shape index (κ2) is 7.19. The van der Waals surface area contributed by atoms with Crippen LogP contribution in [0.2, 0.25) is 5.02 Å². The number of hydrogen-bond donors (Lipinski definition) is 1. The molecule has 2 heterocycles. The molecule has 1 aliphatic heterocycles. The lowest BCUT2D eigenvalue weighted by molar-refractivity contribution is -0.162. The van der Waals surface area contributed by atoms with Gasteiger partial charge in [0.25, 0.3) is 10.0 Å². The minimum atomic E-state index is -4.06. The summed E-state index contributed by atoms with van der Waals surface area (Å²) in [6, 6.07) is 10.8. The Hall–Kier alpha value is -2.75. The molecular formula is C20H18ClNO7S. The second-order valence-electron chi connectivity index (χ2n) is 7.23. The van der Waals surface area contributed by atoms with Crippen LogP contribution >= 0.6 is 11.6 Å². The summed E-state index contributed by atoms with van der Waals surface area (Å²) in [5, 5.41) is 10.3. The average Bonchev–Trinajstić information content (AvgIpc) is 3.29. The van der Waals surface area contributed by atoms with E-state index in [1.807, 2.05) is 0 Å². The summed E-state index contributed by atoms with van der Waals surface area (Å²) in [6.45, 7) is 2.57. The summed E-state index contributed by atoms with van der Waals surface area (Å²) in [7, 11) is -4.06. The maximum Gasteiger partial charge on any atom is 0.335 e. The Morgan fingerprint density at radius 2 is 1.90 bits per heavy atom. The van der Waals surface area contributed by atoms with Crippen molar-refractivity contribution >= 4 is 38.5 Å². The number of halogens is 1. The Kier molecular flexibility index (Phi) is 4.92. The number of carboxylic acids is 1. The molecule has 0 unspecified atom stereocenters. The van der Waals surface area contributed by atoms with Crippen molar-refractivity contribution in [3.8, 4) is 11.5 Å². The number of benzene rings is 2. The zero-order chi connectivity index (χ0) is 21.7. The Morgan fingerprint density at radius 1 is 1.17 bits per heavy atom. The van der Waals surface area contributed by atoms with Gasteiger partial charge < -0.3 is 19.3 Å². The van der Waals surface area contributed by atoms with E-state index < -0.39 is 21.6 Å². The van der Waals surface area contributed by atoms with Crippen LogP contribution in [-0.2, 0) is 26.2 Å². The molecule has 1 aliphatic rings. The first-order chi connectivity index (χ1) is 14.1. The molecule has 8 nitrogen and oxygen atoms in total. The van der Waals surface area contributed by atoms with Crippen molar-refractivity contribution in [2.45, 2.75) is 31.0 Å². The molecule has 0 fully saturated rings. The van der Waals surface area contributed by atoms with Crippen molar-refractivity contribution in [2.75, 3.05) is 6.79 Å². The quantitative estimate of drug-likeness (QED) is 0.610. The molecule has 1 aromatic heterocycles. The molecule has 2 aromatic carbocycles. The first-order valence-electron chi connectivity index (χ1n) is 8.92. The molecule has 0 amide bonds. The van der Waals surface area contributed by atoms with Gasteiger partial charge in [-0.25, -0.2) is 17.2 Å². The van der Waals surface area contributed by atoms with Crippen molar-refractivity contribution in [3.63, 3.8) is 0 Å². The van der Waals surface area contributed by atoms with Gasteiger partial charge in [-0.15, -0.1) is 0 Å². The molecule has 3 aromatic rings. The minimum Gasteiger partial charge on any atom is -0.479 e. The van der Waals surface area contributed by atoms with Crippen LogP contribution in [0.1, 0.15) is 19.5 Å². The van der Waals surface area contributed by atoms with E-state index in [1.165, 1.54) is 32.0 Å². The van der Waals surface area contributed by atoms with Crippen LogP contribution in [0.3, 0.4) is 0 Å². The SMILES string of the molecule is CC(C)(OCc1cc2cc(Cl)ccc2n1S(=O)(=O)c1ccc2c(c1)OCO2)C(=O)O. The highest BCUT2D eigenvalue weighted by atomic mass is 35.5. The second-order valence-corrected chi connectivity index (χ2v) is 9.45. The number of nitrogens with zero attached hydrogens (tertiary/aromatic N) is 1. The smallest absolute Gasteiger partial charge is 0.335 e. The van der Waals surface area contributed by atoms with E-state index >= 15 is 0 Å². The lowest BCUT2D eigenvalue weighted by Gasteiger charge is -2.21. The number of carbonyl (C=O) groups is 1. The third-order valence-corrected chi connectivity index (χ3v) is 6.77. The van der Waals surface area contributed by atoms with E-state index in [2.05, 4.69) is 0 Å². The van der Waals surface area contributed by atoms with E-state index in [0.29, 0.717) is 27.4 Å². The molecule has 1 N–H and O–H groups in total. The lowest BCUT2D eigenvalue weighted by Crippen LogP contribution is -2.34. The number of aliphatic carboxylic acids is 1. The number of aromatic nitrogens is 1. The zero-order valence-corrected chi connectivity index (χ0v) is 17.7. The summed E-state index contributed by atoms with van der Waals surface area (Å²) in [5.41, 5.74) is -0.843. The number of carboxylic acid groups (broad SMARTS) is 1. The Morgan fingerprint density at radius 3 is 2.63 bits per heavy atom. The minimum absolute atomic E-state index is 0.00190. The Labute approximate surface area is 177 Å². The van der Waals surface area contributed by atoms with Crippen molar-refractivity contribution in [3.05, 3.63) is 53.2 Å². The fourth-order valence-electron chi connectivity index (χ4n) is 3.06. The molecule has 158 valence electrons. The number of rotatable bonds is 6. The molecule has 0 saturated carbocycles. The lowest BCUT2D eigenvalue weighted by atomic mass is 10.1. The normalized spacial score (nSPS) is 13.7.